The van der Waals surface area contributed by atoms with Crippen LogP contribution in [-0.2, 0) is 4.79 Å². The zero-order valence-corrected chi connectivity index (χ0v) is 15.6. The van der Waals surface area contributed by atoms with Crippen LogP contribution in [0.5, 0.6) is 0 Å². The Morgan fingerprint density at radius 2 is 1.86 bits per heavy atom. The van der Waals surface area contributed by atoms with Gasteiger partial charge in [-0.3, -0.25) is 9.59 Å². The molecule has 1 atom stereocenters. The summed E-state index contributed by atoms with van der Waals surface area (Å²) < 4.78 is 15.2. The molecule has 4 aromatic rings. The van der Waals surface area contributed by atoms with Gasteiger partial charge in [0.2, 0.25) is 0 Å². The van der Waals surface area contributed by atoms with E-state index in [0.717, 1.165) is 14.9 Å². The number of benzene rings is 2. The molecule has 0 spiro atoms. The smallest absolute Gasteiger partial charge is 0.267 e. The Morgan fingerprint density at radius 1 is 1.11 bits per heavy atom. The quantitative estimate of drug-likeness (QED) is 0.570. The van der Waals surface area contributed by atoms with Gasteiger partial charge in [-0.25, -0.2) is 14.1 Å². The van der Waals surface area contributed by atoms with Crippen molar-refractivity contribution >= 4 is 32.6 Å². The van der Waals surface area contributed by atoms with Crippen LogP contribution in [0.1, 0.15) is 13.0 Å². The highest BCUT2D eigenvalue weighted by Gasteiger charge is 2.19. The minimum Gasteiger partial charge on any atom is -0.300 e. The monoisotopic (exact) mass is 394 g/mol. The Balaban J connectivity index is 1.60. The maximum Gasteiger partial charge on any atom is 0.267 e. The van der Waals surface area contributed by atoms with Crippen molar-refractivity contribution in [3.05, 3.63) is 76.8 Å². The van der Waals surface area contributed by atoms with E-state index in [4.69, 9.17) is 0 Å². The summed E-state index contributed by atoms with van der Waals surface area (Å²) in [6, 6.07) is 15.4. The zero-order chi connectivity index (χ0) is 19.7. The van der Waals surface area contributed by atoms with Crippen molar-refractivity contribution in [2.24, 2.45) is 0 Å². The van der Waals surface area contributed by atoms with Gasteiger partial charge in [0.1, 0.15) is 11.9 Å². The highest BCUT2D eigenvalue weighted by Crippen LogP contribution is 2.26. The molecule has 0 aliphatic heterocycles. The van der Waals surface area contributed by atoms with E-state index in [2.05, 4.69) is 15.4 Å². The number of rotatable bonds is 4. The predicted molar refractivity (Wildman–Crippen MR) is 107 cm³/mol. The molecule has 28 heavy (non-hydrogen) atoms. The Labute approximate surface area is 163 Å². The fraction of sp³-hybridized carbons (Fsp3) is 0.100. The van der Waals surface area contributed by atoms with Crippen molar-refractivity contribution in [2.75, 3.05) is 5.32 Å². The number of aromatic nitrogens is 3. The molecule has 8 heteroatoms. The Morgan fingerprint density at radius 3 is 2.61 bits per heavy atom. The molecule has 0 saturated heterocycles. The van der Waals surface area contributed by atoms with Crippen LogP contribution in [0.3, 0.4) is 0 Å². The molecule has 2 aromatic carbocycles. The summed E-state index contributed by atoms with van der Waals surface area (Å²) in [4.78, 5) is 29.3. The lowest BCUT2D eigenvalue weighted by molar-refractivity contribution is -0.119. The van der Waals surface area contributed by atoms with Crippen LogP contribution in [0.25, 0.3) is 21.5 Å². The Bertz CT molecular complexity index is 1180. The minimum absolute atomic E-state index is 0.361. The molecular weight excluding hydrogens is 379 g/mol. The van der Waals surface area contributed by atoms with Gasteiger partial charge in [-0.1, -0.05) is 23.5 Å². The predicted octanol–water partition coefficient (Wildman–Crippen LogP) is 3.86. The minimum atomic E-state index is -0.847. The van der Waals surface area contributed by atoms with E-state index in [1.54, 1.807) is 25.1 Å². The van der Waals surface area contributed by atoms with E-state index in [1.807, 2.05) is 24.3 Å². The molecule has 0 aliphatic rings. The van der Waals surface area contributed by atoms with E-state index < -0.39 is 17.5 Å². The fourth-order valence-electron chi connectivity index (χ4n) is 2.72. The van der Waals surface area contributed by atoms with E-state index in [-0.39, 0.29) is 5.82 Å². The van der Waals surface area contributed by atoms with Gasteiger partial charge < -0.3 is 5.32 Å². The number of carbonyl (C=O) groups is 1. The number of thiazole rings is 1. The summed E-state index contributed by atoms with van der Waals surface area (Å²) in [6.45, 7) is 1.59. The lowest BCUT2D eigenvalue weighted by atomic mass is 10.1. The van der Waals surface area contributed by atoms with Crippen LogP contribution < -0.4 is 10.9 Å². The molecule has 1 unspecified atom stereocenters. The number of nitrogens with zero attached hydrogens (tertiary/aromatic N) is 3. The van der Waals surface area contributed by atoms with Crippen LogP contribution in [-0.4, -0.2) is 20.7 Å². The van der Waals surface area contributed by atoms with Crippen molar-refractivity contribution in [3.8, 4) is 11.3 Å². The highest BCUT2D eigenvalue weighted by atomic mass is 32.1. The molecule has 2 heterocycles. The lowest BCUT2D eigenvalue weighted by Gasteiger charge is -2.14. The van der Waals surface area contributed by atoms with E-state index in [0.29, 0.717) is 16.4 Å². The number of para-hydroxylation sites is 1. The van der Waals surface area contributed by atoms with E-state index in [9.17, 15) is 14.0 Å². The first-order chi connectivity index (χ1) is 13.5. The molecule has 140 valence electrons. The van der Waals surface area contributed by atoms with Gasteiger partial charge in [0.15, 0.2) is 5.13 Å². The molecule has 0 aliphatic carbocycles. The summed E-state index contributed by atoms with van der Waals surface area (Å²) in [7, 11) is 0. The normalized spacial score (nSPS) is 12.1. The van der Waals surface area contributed by atoms with Crippen LogP contribution in [0.4, 0.5) is 9.52 Å². The maximum absolute atomic E-state index is 13.1. The first kappa shape index (κ1) is 18.0. The van der Waals surface area contributed by atoms with Gasteiger partial charge in [0.25, 0.3) is 11.5 Å². The number of hydrogen-bond donors (Lipinski definition) is 1. The molecular formula is C20H15FN4O2S. The third-order valence-corrected chi connectivity index (χ3v) is 5.19. The molecule has 0 radical (unpaired) electrons. The molecule has 0 fully saturated rings. The average molecular weight is 394 g/mol. The summed E-state index contributed by atoms with van der Waals surface area (Å²) in [5, 5.41) is 7.48. The largest absolute Gasteiger partial charge is 0.300 e. The van der Waals surface area contributed by atoms with E-state index >= 15 is 0 Å². The van der Waals surface area contributed by atoms with Crippen molar-refractivity contribution in [3.63, 3.8) is 0 Å². The Kier molecular flexibility index (Phi) is 4.70. The molecule has 2 aromatic heterocycles. The van der Waals surface area contributed by atoms with Gasteiger partial charge in [0.05, 0.1) is 15.9 Å². The van der Waals surface area contributed by atoms with E-state index in [1.165, 1.54) is 29.5 Å². The first-order valence-electron chi connectivity index (χ1n) is 8.53. The van der Waals surface area contributed by atoms with Crippen molar-refractivity contribution in [1.82, 2.24) is 14.8 Å². The molecule has 0 bridgehead atoms. The second kappa shape index (κ2) is 7.32. The Hall–Kier alpha value is -3.39. The summed E-state index contributed by atoms with van der Waals surface area (Å²) >= 11 is 1.36. The van der Waals surface area contributed by atoms with Gasteiger partial charge in [-0.15, -0.1) is 0 Å². The molecule has 1 amide bonds. The molecule has 6 nitrogen and oxygen atoms in total. The number of anilines is 1. The highest BCUT2D eigenvalue weighted by molar-refractivity contribution is 7.22. The molecule has 4 rings (SSSR count). The third-order valence-electron chi connectivity index (χ3n) is 4.24. The standard InChI is InChI=1S/C20H15FN4O2S/c1-12(19(27)23-20-22-16-4-2-3-5-17(16)28-20)25-18(26)11-10-15(24-25)13-6-8-14(21)9-7-13/h2-12H,1H3,(H,22,23,27). The second-order valence-electron chi connectivity index (χ2n) is 6.16. The summed E-state index contributed by atoms with van der Waals surface area (Å²) in [5.74, 6) is -0.759. The molecule has 0 saturated carbocycles. The topological polar surface area (TPSA) is 76.9 Å². The van der Waals surface area contributed by atoms with Crippen LogP contribution in [0, 0.1) is 5.82 Å². The SMILES string of the molecule is CC(C(=O)Nc1nc2ccccc2s1)n1nc(-c2ccc(F)cc2)ccc1=O. The number of hydrogen-bond acceptors (Lipinski definition) is 5. The second-order valence-corrected chi connectivity index (χ2v) is 7.19. The number of fused-ring (bicyclic) bond motifs is 1. The zero-order valence-electron chi connectivity index (χ0n) is 14.8. The number of carbonyl (C=O) groups excluding carboxylic acids is 1. The summed E-state index contributed by atoms with van der Waals surface area (Å²) in [5.41, 5.74) is 1.51. The maximum atomic E-state index is 13.1. The number of amides is 1. The van der Waals surface area contributed by atoms with Crippen molar-refractivity contribution in [2.45, 2.75) is 13.0 Å². The van der Waals surface area contributed by atoms with Crippen molar-refractivity contribution in [1.29, 1.82) is 0 Å². The van der Waals surface area contributed by atoms with Gasteiger partial charge >= 0.3 is 0 Å². The molecule has 1 N–H and O–H groups in total. The lowest BCUT2D eigenvalue weighted by Crippen LogP contribution is -2.33. The first-order valence-corrected chi connectivity index (χ1v) is 9.35. The average Bonchev–Trinajstić information content (AvgIpc) is 3.10. The van der Waals surface area contributed by atoms with Crippen molar-refractivity contribution < 1.29 is 9.18 Å². The van der Waals surface area contributed by atoms with Gasteiger partial charge in [-0.2, -0.15) is 5.10 Å². The van der Waals surface area contributed by atoms with Crippen LogP contribution >= 0.6 is 11.3 Å². The number of halogens is 1. The van der Waals surface area contributed by atoms with Crippen LogP contribution in [0.2, 0.25) is 0 Å². The van der Waals surface area contributed by atoms with Crippen LogP contribution in [0.15, 0.2) is 65.5 Å². The third kappa shape index (κ3) is 3.54. The van der Waals surface area contributed by atoms with Gasteiger partial charge in [-0.05, 0) is 49.4 Å². The fourth-order valence-corrected chi connectivity index (χ4v) is 3.59. The summed E-state index contributed by atoms with van der Waals surface area (Å²) in [6.07, 6.45) is 0. The van der Waals surface area contributed by atoms with Gasteiger partial charge in [0, 0.05) is 11.6 Å². The number of nitrogens with one attached hydrogen (secondary N) is 1.